The monoisotopic (exact) mass is 593 g/mol. The van der Waals surface area contributed by atoms with Gasteiger partial charge in [-0.3, -0.25) is 14.2 Å². The third-order valence-corrected chi connectivity index (χ3v) is 8.20. The molecule has 6 aromatic rings. The quantitative estimate of drug-likeness (QED) is 0.182. The van der Waals surface area contributed by atoms with Crippen molar-refractivity contribution in [3.8, 4) is 22.1 Å². The minimum atomic E-state index is -0.583. The van der Waals surface area contributed by atoms with Crippen LogP contribution in [0.15, 0.2) is 97.1 Å². The van der Waals surface area contributed by atoms with Gasteiger partial charge in [0.2, 0.25) is 5.88 Å². The fourth-order valence-electron chi connectivity index (χ4n) is 4.87. The first kappa shape index (κ1) is 28.0. The molecule has 0 saturated carbocycles. The largest absolute Gasteiger partial charge is 0.494 e. The highest BCUT2D eigenvalue weighted by atomic mass is 32.1. The molecule has 214 valence electrons. The van der Waals surface area contributed by atoms with Crippen LogP contribution >= 0.6 is 11.3 Å². The molecular weight excluding hydrogens is 568 g/mol. The third-order valence-electron chi connectivity index (χ3n) is 7.14. The first-order chi connectivity index (χ1) is 20.7. The van der Waals surface area contributed by atoms with Crippen LogP contribution in [0.3, 0.4) is 0 Å². The van der Waals surface area contributed by atoms with E-state index in [1.165, 1.54) is 64.4 Å². The van der Waals surface area contributed by atoms with Gasteiger partial charge in [-0.15, -0.1) is 11.3 Å². The van der Waals surface area contributed by atoms with E-state index in [1.807, 2.05) is 36.4 Å². The highest BCUT2D eigenvalue weighted by molar-refractivity contribution is 7.21. The summed E-state index contributed by atoms with van der Waals surface area (Å²) >= 11 is 1.29. The standard InChI is InChI=1S/C34H25F2N3O3S/c1-19(2)20-11-17-25(18-12-20)39-31(38-32(41)22-9-15-24(36)16-10-22)29(33-37-26-5-3-4-6-27(26)43-33)28(34(39)42)30(40)21-7-13-23(35)14-8-21/h3-19,42H,1-2H3,(H,38,41). The Kier molecular flexibility index (Phi) is 7.33. The Hall–Kier alpha value is -5.15. The van der Waals surface area contributed by atoms with Crippen molar-refractivity contribution in [2.45, 2.75) is 19.8 Å². The molecule has 0 radical (unpaired) electrons. The van der Waals surface area contributed by atoms with Gasteiger partial charge in [-0.25, -0.2) is 13.8 Å². The summed E-state index contributed by atoms with van der Waals surface area (Å²) in [6.07, 6.45) is 0. The molecule has 0 spiro atoms. The van der Waals surface area contributed by atoms with E-state index in [9.17, 15) is 23.5 Å². The zero-order valence-electron chi connectivity index (χ0n) is 23.1. The van der Waals surface area contributed by atoms with Gasteiger partial charge in [0.25, 0.3) is 5.91 Å². The molecule has 0 aliphatic heterocycles. The predicted molar refractivity (Wildman–Crippen MR) is 164 cm³/mol. The minimum absolute atomic E-state index is 0.104. The van der Waals surface area contributed by atoms with E-state index in [1.54, 1.807) is 12.1 Å². The van der Waals surface area contributed by atoms with Gasteiger partial charge < -0.3 is 10.4 Å². The molecule has 0 aliphatic rings. The van der Waals surface area contributed by atoms with Crippen LogP contribution in [0.4, 0.5) is 14.6 Å². The Bertz CT molecular complexity index is 1940. The first-order valence-corrected chi connectivity index (χ1v) is 14.3. The molecule has 6 rings (SSSR count). The lowest BCUT2D eigenvalue weighted by Crippen LogP contribution is -2.15. The van der Waals surface area contributed by atoms with Crippen LogP contribution in [0.2, 0.25) is 0 Å². The number of benzene rings is 4. The lowest BCUT2D eigenvalue weighted by molar-refractivity contribution is 0.102. The van der Waals surface area contributed by atoms with Gasteiger partial charge in [-0.2, -0.15) is 0 Å². The van der Waals surface area contributed by atoms with Crippen LogP contribution in [0.1, 0.15) is 51.6 Å². The molecule has 1 amide bonds. The van der Waals surface area contributed by atoms with Crippen LogP contribution in [0, 0.1) is 11.6 Å². The lowest BCUT2D eigenvalue weighted by atomic mass is 10.0. The number of aromatic hydroxyl groups is 1. The lowest BCUT2D eigenvalue weighted by Gasteiger charge is -2.14. The fraction of sp³-hybridized carbons (Fsp3) is 0.0882. The van der Waals surface area contributed by atoms with Crippen molar-refractivity contribution in [2.75, 3.05) is 5.32 Å². The number of nitrogens with zero attached hydrogens (tertiary/aromatic N) is 2. The summed E-state index contributed by atoms with van der Waals surface area (Å²) in [6, 6.07) is 24.9. The number of nitrogens with one attached hydrogen (secondary N) is 1. The number of fused-ring (bicyclic) bond motifs is 1. The molecule has 4 aromatic carbocycles. The van der Waals surface area contributed by atoms with E-state index < -0.39 is 29.2 Å². The Balaban J connectivity index is 1.63. The zero-order chi connectivity index (χ0) is 30.2. The zero-order valence-corrected chi connectivity index (χ0v) is 24.0. The van der Waals surface area contributed by atoms with Crippen LogP contribution < -0.4 is 5.32 Å². The molecule has 0 atom stereocenters. The number of hydrogen-bond acceptors (Lipinski definition) is 5. The van der Waals surface area contributed by atoms with Gasteiger partial charge in [0, 0.05) is 11.1 Å². The molecule has 2 N–H and O–H groups in total. The van der Waals surface area contributed by atoms with Gasteiger partial charge in [0.05, 0.1) is 27.0 Å². The molecule has 43 heavy (non-hydrogen) atoms. The van der Waals surface area contributed by atoms with Gasteiger partial charge in [-0.05, 0) is 84.3 Å². The number of anilines is 1. The fourth-order valence-corrected chi connectivity index (χ4v) is 5.88. The first-order valence-electron chi connectivity index (χ1n) is 13.5. The Morgan fingerprint density at radius 3 is 2.05 bits per heavy atom. The molecule has 2 heterocycles. The molecule has 0 unspecified atom stereocenters. The number of thiazole rings is 1. The molecule has 0 saturated heterocycles. The number of carbonyl (C=O) groups excluding carboxylic acids is 2. The molecule has 0 aliphatic carbocycles. The van der Waals surface area contributed by atoms with E-state index in [0.29, 0.717) is 16.2 Å². The summed E-state index contributed by atoms with van der Waals surface area (Å²) in [5.74, 6) is -2.24. The number of para-hydroxylation sites is 1. The Morgan fingerprint density at radius 1 is 0.837 bits per heavy atom. The number of hydrogen-bond donors (Lipinski definition) is 2. The van der Waals surface area contributed by atoms with Crippen LogP contribution in [0.25, 0.3) is 26.5 Å². The van der Waals surface area contributed by atoms with Gasteiger partial charge in [-0.1, -0.05) is 38.1 Å². The van der Waals surface area contributed by atoms with Gasteiger partial charge in [0.1, 0.15) is 22.5 Å². The molecule has 0 fully saturated rings. The van der Waals surface area contributed by atoms with Crippen molar-refractivity contribution < 1.29 is 23.5 Å². The van der Waals surface area contributed by atoms with E-state index in [4.69, 9.17) is 4.98 Å². The second kappa shape index (κ2) is 11.3. The number of aromatic nitrogens is 2. The van der Waals surface area contributed by atoms with Crippen molar-refractivity contribution in [1.29, 1.82) is 0 Å². The normalized spacial score (nSPS) is 11.3. The summed E-state index contributed by atoms with van der Waals surface area (Å²) in [4.78, 5) is 32.3. The smallest absolute Gasteiger partial charge is 0.256 e. The molecular formula is C34H25F2N3O3S. The summed E-state index contributed by atoms with van der Waals surface area (Å²) in [7, 11) is 0. The second-order valence-electron chi connectivity index (χ2n) is 10.3. The molecule has 6 nitrogen and oxygen atoms in total. The average molecular weight is 594 g/mol. The van der Waals surface area contributed by atoms with E-state index in [2.05, 4.69) is 19.2 Å². The van der Waals surface area contributed by atoms with Crippen molar-refractivity contribution in [2.24, 2.45) is 0 Å². The summed E-state index contributed by atoms with van der Waals surface area (Å²) < 4.78 is 29.6. The predicted octanol–water partition coefficient (Wildman–Crippen LogP) is 8.34. The highest BCUT2D eigenvalue weighted by Gasteiger charge is 2.32. The van der Waals surface area contributed by atoms with Gasteiger partial charge in [0.15, 0.2) is 5.78 Å². The van der Waals surface area contributed by atoms with E-state index in [0.717, 1.165) is 10.3 Å². The van der Waals surface area contributed by atoms with Crippen molar-refractivity contribution in [1.82, 2.24) is 9.55 Å². The van der Waals surface area contributed by atoms with E-state index in [-0.39, 0.29) is 34.0 Å². The number of carbonyl (C=O) groups is 2. The summed E-state index contributed by atoms with van der Waals surface area (Å²) in [5, 5.41) is 15.1. The third kappa shape index (κ3) is 5.30. The van der Waals surface area contributed by atoms with Crippen LogP contribution in [0.5, 0.6) is 5.88 Å². The Labute approximate surface area is 249 Å². The van der Waals surface area contributed by atoms with Crippen molar-refractivity contribution in [3.63, 3.8) is 0 Å². The molecule has 0 bridgehead atoms. The maximum atomic E-state index is 14.0. The Morgan fingerprint density at radius 2 is 1.44 bits per heavy atom. The number of rotatable bonds is 7. The minimum Gasteiger partial charge on any atom is -0.494 e. The van der Waals surface area contributed by atoms with Crippen molar-refractivity contribution >= 4 is 39.1 Å². The van der Waals surface area contributed by atoms with Gasteiger partial charge >= 0.3 is 0 Å². The van der Waals surface area contributed by atoms with E-state index >= 15 is 0 Å². The average Bonchev–Trinajstić information content (AvgIpc) is 3.55. The summed E-state index contributed by atoms with van der Waals surface area (Å²) in [5.41, 5.74) is 2.63. The highest BCUT2D eigenvalue weighted by Crippen LogP contribution is 2.46. The SMILES string of the molecule is CC(C)c1ccc(-n2c(O)c(C(=O)c3ccc(F)cc3)c(-c3nc4ccccc4s3)c2NC(=O)c2ccc(F)cc2)cc1. The van der Waals surface area contributed by atoms with Crippen LogP contribution in [-0.4, -0.2) is 26.3 Å². The summed E-state index contributed by atoms with van der Waals surface area (Å²) in [6.45, 7) is 4.11. The maximum absolute atomic E-state index is 14.0. The maximum Gasteiger partial charge on any atom is 0.256 e. The number of amides is 1. The second-order valence-corrected chi connectivity index (χ2v) is 11.3. The molecule has 9 heteroatoms. The number of ketones is 1. The topological polar surface area (TPSA) is 84.2 Å². The van der Waals surface area contributed by atoms with Crippen molar-refractivity contribution in [3.05, 3.63) is 131 Å². The number of halogens is 2. The van der Waals surface area contributed by atoms with Crippen LogP contribution in [-0.2, 0) is 0 Å². The molecule has 2 aromatic heterocycles.